The van der Waals surface area contributed by atoms with E-state index >= 15 is 0 Å². The minimum Gasteiger partial charge on any atom is -0.457 e. The van der Waals surface area contributed by atoms with Crippen molar-refractivity contribution in [2.75, 3.05) is 5.32 Å². The summed E-state index contributed by atoms with van der Waals surface area (Å²) in [6, 6.07) is 17.4. The fourth-order valence-electron chi connectivity index (χ4n) is 2.73. The molecule has 0 fully saturated rings. The first-order valence-corrected chi connectivity index (χ1v) is 8.81. The van der Waals surface area contributed by atoms with Crippen LogP contribution >= 0.6 is 0 Å². The summed E-state index contributed by atoms with van der Waals surface area (Å²) >= 11 is 0. The average Bonchev–Trinajstić information content (AvgIpc) is 3.15. The first kappa shape index (κ1) is 17.0. The Labute approximate surface area is 157 Å². The largest absolute Gasteiger partial charge is 0.457 e. The SMILES string of the molecule is CC(C)(C)Nc1nc(-n2cccn2)nc2cc(Oc3ccccc3)ccc12. The van der Waals surface area contributed by atoms with E-state index in [0.29, 0.717) is 5.95 Å². The number of hydrogen-bond donors (Lipinski definition) is 1. The van der Waals surface area contributed by atoms with E-state index in [0.717, 1.165) is 28.2 Å². The van der Waals surface area contributed by atoms with Gasteiger partial charge in [0.15, 0.2) is 0 Å². The molecule has 0 atom stereocenters. The molecule has 0 spiro atoms. The summed E-state index contributed by atoms with van der Waals surface area (Å²) in [5.74, 6) is 2.78. The summed E-state index contributed by atoms with van der Waals surface area (Å²) in [7, 11) is 0. The van der Waals surface area contributed by atoms with E-state index in [4.69, 9.17) is 4.74 Å². The molecule has 27 heavy (non-hydrogen) atoms. The Morgan fingerprint density at radius 3 is 2.44 bits per heavy atom. The monoisotopic (exact) mass is 359 g/mol. The predicted molar refractivity (Wildman–Crippen MR) is 107 cm³/mol. The van der Waals surface area contributed by atoms with Gasteiger partial charge < -0.3 is 10.1 Å². The van der Waals surface area contributed by atoms with Crippen LogP contribution in [0.15, 0.2) is 67.0 Å². The molecule has 2 heterocycles. The van der Waals surface area contributed by atoms with Crippen molar-refractivity contribution in [3.05, 3.63) is 67.0 Å². The zero-order valence-corrected chi connectivity index (χ0v) is 15.5. The summed E-state index contributed by atoms with van der Waals surface area (Å²) in [5, 5.41) is 8.65. The topological polar surface area (TPSA) is 64.9 Å². The number of nitrogens with one attached hydrogen (secondary N) is 1. The van der Waals surface area contributed by atoms with Gasteiger partial charge in [-0.25, -0.2) is 9.67 Å². The third kappa shape index (κ3) is 3.89. The molecular formula is C21H21N5O. The number of anilines is 1. The molecule has 4 aromatic rings. The second kappa shape index (κ2) is 6.72. The molecular weight excluding hydrogens is 338 g/mol. The lowest BCUT2D eigenvalue weighted by molar-refractivity contribution is 0.483. The van der Waals surface area contributed by atoms with Crippen LogP contribution in [0.25, 0.3) is 16.9 Å². The average molecular weight is 359 g/mol. The minimum atomic E-state index is -0.137. The van der Waals surface area contributed by atoms with Gasteiger partial charge in [-0.3, -0.25) is 0 Å². The highest BCUT2D eigenvalue weighted by molar-refractivity contribution is 5.90. The maximum atomic E-state index is 5.95. The van der Waals surface area contributed by atoms with Crippen LogP contribution in [0.2, 0.25) is 0 Å². The zero-order chi connectivity index (χ0) is 18.9. The highest BCUT2D eigenvalue weighted by Gasteiger charge is 2.16. The van der Waals surface area contributed by atoms with E-state index in [1.54, 1.807) is 10.9 Å². The van der Waals surface area contributed by atoms with E-state index in [2.05, 4.69) is 41.2 Å². The number of ether oxygens (including phenoxy) is 1. The van der Waals surface area contributed by atoms with Crippen molar-refractivity contribution in [2.24, 2.45) is 0 Å². The van der Waals surface area contributed by atoms with Crippen LogP contribution in [-0.2, 0) is 0 Å². The summed E-state index contributed by atoms with van der Waals surface area (Å²) in [6.07, 6.45) is 3.53. The van der Waals surface area contributed by atoms with Gasteiger partial charge in [0.1, 0.15) is 17.3 Å². The second-order valence-corrected chi connectivity index (χ2v) is 7.29. The van der Waals surface area contributed by atoms with Crippen LogP contribution in [0.3, 0.4) is 0 Å². The summed E-state index contributed by atoms with van der Waals surface area (Å²) in [6.45, 7) is 6.30. The molecule has 0 aliphatic rings. The Hall–Kier alpha value is -3.41. The summed E-state index contributed by atoms with van der Waals surface area (Å²) in [5.41, 5.74) is 0.651. The van der Waals surface area contributed by atoms with Crippen molar-refractivity contribution in [1.29, 1.82) is 0 Å². The first-order valence-electron chi connectivity index (χ1n) is 8.81. The lowest BCUT2D eigenvalue weighted by Crippen LogP contribution is -2.27. The van der Waals surface area contributed by atoms with E-state index in [1.165, 1.54) is 0 Å². The normalized spacial score (nSPS) is 11.5. The summed E-state index contributed by atoms with van der Waals surface area (Å²) in [4.78, 5) is 9.36. The van der Waals surface area contributed by atoms with Crippen LogP contribution in [0.5, 0.6) is 11.5 Å². The highest BCUT2D eigenvalue weighted by Crippen LogP contribution is 2.29. The molecule has 136 valence electrons. The molecule has 0 radical (unpaired) electrons. The number of aromatic nitrogens is 4. The second-order valence-electron chi connectivity index (χ2n) is 7.29. The molecule has 0 unspecified atom stereocenters. The molecule has 2 aromatic heterocycles. The van der Waals surface area contributed by atoms with Crippen molar-refractivity contribution in [2.45, 2.75) is 26.3 Å². The van der Waals surface area contributed by atoms with Crippen molar-refractivity contribution < 1.29 is 4.74 Å². The molecule has 6 nitrogen and oxygen atoms in total. The van der Waals surface area contributed by atoms with Crippen molar-refractivity contribution in [1.82, 2.24) is 19.7 Å². The minimum absolute atomic E-state index is 0.137. The van der Waals surface area contributed by atoms with Crippen molar-refractivity contribution in [3.8, 4) is 17.4 Å². The van der Waals surface area contributed by atoms with E-state index in [-0.39, 0.29) is 5.54 Å². The smallest absolute Gasteiger partial charge is 0.253 e. The van der Waals surface area contributed by atoms with Gasteiger partial charge in [0, 0.05) is 29.4 Å². The van der Waals surface area contributed by atoms with Gasteiger partial charge in [0.05, 0.1) is 5.52 Å². The Morgan fingerprint density at radius 1 is 0.926 bits per heavy atom. The number of para-hydroxylation sites is 1. The Balaban J connectivity index is 1.81. The van der Waals surface area contributed by atoms with Gasteiger partial charge >= 0.3 is 0 Å². The van der Waals surface area contributed by atoms with Gasteiger partial charge in [-0.1, -0.05) is 18.2 Å². The maximum absolute atomic E-state index is 5.95. The Kier molecular flexibility index (Phi) is 4.24. The maximum Gasteiger partial charge on any atom is 0.253 e. The lowest BCUT2D eigenvalue weighted by Gasteiger charge is -2.22. The van der Waals surface area contributed by atoms with Gasteiger partial charge in [0.25, 0.3) is 5.95 Å². The number of hydrogen-bond acceptors (Lipinski definition) is 5. The fourth-order valence-corrected chi connectivity index (χ4v) is 2.73. The molecule has 6 heteroatoms. The first-order chi connectivity index (χ1) is 13.0. The summed E-state index contributed by atoms with van der Waals surface area (Å²) < 4.78 is 7.61. The van der Waals surface area contributed by atoms with Crippen molar-refractivity contribution >= 4 is 16.7 Å². The Bertz CT molecular complexity index is 1050. The number of nitrogens with zero attached hydrogens (tertiary/aromatic N) is 4. The number of benzene rings is 2. The van der Waals surface area contributed by atoms with E-state index in [9.17, 15) is 0 Å². The third-order valence-corrected chi connectivity index (χ3v) is 3.84. The molecule has 0 bridgehead atoms. The fraction of sp³-hybridized carbons (Fsp3) is 0.190. The molecule has 0 saturated carbocycles. The van der Waals surface area contributed by atoms with Gasteiger partial charge in [-0.05, 0) is 51.1 Å². The van der Waals surface area contributed by atoms with E-state index < -0.39 is 0 Å². The molecule has 0 amide bonds. The standard InChI is InChI=1S/C21H21N5O/c1-21(2,3)25-19-17-11-10-16(27-15-8-5-4-6-9-15)14-18(17)23-20(24-19)26-13-7-12-22-26/h4-14H,1-3H3,(H,23,24,25). The van der Waals surface area contributed by atoms with Crippen LogP contribution in [0.1, 0.15) is 20.8 Å². The molecule has 4 rings (SSSR count). The van der Waals surface area contributed by atoms with Gasteiger partial charge in [0.2, 0.25) is 0 Å². The van der Waals surface area contributed by atoms with Crippen LogP contribution < -0.4 is 10.1 Å². The predicted octanol–water partition coefficient (Wildman–Crippen LogP) is 4.82. The molecule has 0 aliphatic heterocycles. The van der Waals surface area contributed by atoms with Crippen molar-refractivity contribution in [3.63, 3.8) is 0 Å². The van der Waals surface area contributed by atoms with Gasteiger partial charge in [-0.2, -0.15) is 10.1 Å². The molecule has 2 aromatic carbocycles. The number of fused-ring (bicyclic) bond motifs is 1. The quantitative estimate of drug-likeness (QED) is 0.566. The van der Waals surface area contributed by atoms with E-state index in [1.807, 2.05) is 60.8 Å². The molecule has 0 aliphatic carbocycles. The van der Waals surface area contributed by atoms with Crippen LogP contribution in [-0.4, -0.2) is 25.3 Å². The Morgan fingerprint density at radius 2 is 1.74 bits per heavy atom. The number of rotatable bonds is 4. The lowest BCUT2D eigenvalue weighted by atomic mass is 10.1. The van der Waals surface area contributed by atoms with Gasteiger partial charge in [-0.15, -0.1) is 0 Å². The molecule has 0 saturated heterocycles. The third-order valence-electron chi connectivity index (χ3n) is 3.84. The zero-order valence-electron chi connectivity index (χ0n) is 15.5. The highest BCUT2D eigenvalue weighted by atomic mass is 16.5. The van der Waals surface area contributed by atoms with Crippen LogP contribution in [0.4, 0.5) is 5.82 Å². The van der Waals surface area contributed by atoms with Crippen LogP contribution in [0, 0.1) is 0 Å². The molecule has 1 N–H and O–H groups in total.